The Labute approximate surface area is 237 Å². The zero-order chi connectivity index (χ0) is 27.4. The van der Waals surface area contributed by atoms with Crippen LogP contribution in [0.25, 0.3) is 0 Å². The van der Waals surface area contributed by atoms with Crippen LogP contribution in [0.3, 0.4) is 0 Å². The molecule has 1 saturated carbocycles. The van der Waals surface area contributed by atoms with Crippen LogP contribution in [0.5, 0.6) is 0 Å². The molecule has 206 valence electrons. The largest absolute Gasteiger partial charge is 0.399 e. The van der Waals surface area contributed by atoms with Crippen LogP contribution in [-0.2, 0) is 23.9 Å². The van der Waals surface area contributed by atoms with E-state index in [-0.39, 0.29) is 24.5 Å². The average molecular weight is 596 g/mol. The van der Waals surface area contributed by atoms with E-state index in [9.17, 15) is 9.59 Å². The molecule has 0 spiro atoms. The molecule has 2 heterocycles. The van der Waals surface area contributed by atoms with Crippen LogP contribution < -0.4 is 11.1 Å². The summed E-state index contributed by atoms with van der Waals surface area (Å²) in [5.41, 5.74) is 7.89. The van der Waals surface area contributed by atoms with Gasteiger partial charge in [-0.1, -0.05) is 65.5 Å². The lowest BCUT2D eigenvalue weighted by molar-refractivity contribution is -0.131. The molecule has 11 heteroatoms. The molecule has 1 saturated heterocycles. The number of likely N-dealkylation sites (tertiary alicyclic amines) is 1. The third-order valence-electron chi connectivity index (χ3n) is 7.92. The lowest BCUT2D eigenvalue weighted by Crippen LogP contribution is -2.55. The number of anilines is 1. The second kappa shape index (κ2) is 11.7. The summed E-state index contributed by atoms with van der Waals surface area (Å²) >= 11 is 3.63. The van der Waals surface area contributed by atoms with Crippen LogP contribution in [0.1, 0.15) is 67.9 Å². The highest BCUT2D eigenvalue weighted by Gasteiger charge is 2.46. The molecule has 39 heavy (non-hydrogen) atoms. The Hall–Kier alpha value is -3.47. The van der Waals surface area contributed by atoms with Crippen molar-refractivity contribution in [3.63, 3.8) is 0 Å². The van der Waals surface area contributed by atoms with Crippen molar-refractivity contribution in [2.24, 2.45) is 7.05 Å². The highest BCUT2D eigenvalue weighted by atomic mass is 79.9. The van der Waals surface area contributed by atoms with E-state index < -0.39 is 5.54 Å². The van der Waals surface area contributed by atoms with Gasteiger partial charge in [-0.2, -0.15) is 4.80 Å². The maximum Gasteiger partial charge on any atom is 0.318 e. The van der Waals surface area contributed by atoms with Gasteiger partial charge in [-0.25, -0.2) is 4.79 Å². The fraction of sp³-hybridized carbons (Fsp3) is 0.464. The molecular formula is C28H35BrN8O2. The summed E-state index contributed by atoms with van der Waals surface area (Å²) < 4.78 is 0.990. The number of aromatic nitrogens is 4. The van der Waals surface area contributed by atoms with Gasteiger partial charge in [0, 0.05) is 23.2 Å². The average Bonchev–Trinajstić information content (AvgIpc) is 3.62. The first kappa shape index (κ1) is 27.1. The number of rotatable bonds is 7. The zero-order valence-corrected chi connectivity index (χ0v) is 23.8. The number of carbonyl (C=O) groups is 2. The van der Waals surface area contributed by atoms with Crippen LogP contribution in [0.4, 0.5) is 10.5 Å². The lowest BCUT2D eigenvalue weighted by atomic mass is 9.79. The number of hydrogen-bond acceptors (Lipinski definition) is 6. The fourth-order valence-corrected chi connectivity index (χ4v) is 6.48. The van der Waals surface area contributed by atoms with Crippen molar-refractivity contribution in [2.75, 3.05) is 18.8 Å². The minimum atomic E-state index is -0.716. The van der Waals surface area contributed by atoms with Gasteiger partial charge < -0.3 is 20.9 Å². The third kappa shape index (κ3) is 5.78. The second-order valence-corrected chi connectivity index (χ2v) is 11.3. The van der Waals surface area contributed by atoms with E-state index in [0.29, 0.717) is 24.6 Å². The van der Waals surface area contributed by atoms with Crippen molar-refractivity contribution >= 4 is 33.6 Å². The number of nitrogens with zero attached hydrogens (tertiary/aromatic N) is 6. The number of urea groups is 1. The van der Waals surface area contributed by atoms with Crippen LogP contribution >= 0.6 is 15.9 Å². The number of nitrogens with one attached hydrogen (secondary N) is 1. The maximum atomic E-state index is 14.0. The molecule has 3 N–H and O–H groups in total. The Morgan fingerprint density at radius 3 is 2.54 bits per heavy atom. The summed E-state index contributed by atoms with van der Waals surface area (Å²) in [4.78, 5) is 32.5. The van der Waals surface area contributed by atoms with Gasteiger partial charge in [0.25, 0.3) is 0 Å². The topological polar surface area (TPSA) is 122 Å². The molecule has 2 aliphatic rings. The Balaban J connectivity index is 1.38. The summed E-state index contributed by atoms with van der Waals surface area (Å²) in [6, 6.07) is 15.2. The Bertz CT molecular complexity index is 1300. The normalized spacial score (nSPS) is 18.6. The summed E-state index contributed by atoms with van der Waals surface area (Å²) in [5, 5.41) is 15.9. The molecule has 5 rings (SSSR count). The fourth-order valence-electron chi connectivity index (χ4n) is 5.93. The number of carbonyl (C=O) groups excluding carboxylic acids is 2. The Kier molecular flexibility index (Phi) is 8.15. The number of nitrogen functional groups attached to an aromatic ring is 1. The first-order chi connectivity index (χ1) is 18.9. The molecule has 1 aliphatic heterocycles. The molecule has 2 aromatic carbocycles. The van der Waals surface area contributed by atoms with Crippen molar-refractivity contribution in [2.45, 2.75) is 63.1 Å². The van der Waals surface area contributed by atoms with Crippen molar-refractivity contribution in [1.29, 1.82) is 0 Å². The van der Waals surface area contributed by atoms with Gasteiger partial charge in [-0.15, -0.1) is 10.2 Å². The van der Waals surface area contributed by atoms with E-state index in [2.05, 4.69) is 36.7 Å². The van der Waals surface area contributed by atoms with E-state index in [0.717, 1.165) is 60.5 Å². The van der Waals surface area contributed by atoms with Gasteiger partial charge in [0.15, 0.2) is 5.82 Å². The summed E-state index contributed by atoms with van der Waals surface area (Å²) in [6.07, 6.45) is 6.26. The number of aryl methyl sites for hydroxylation is 1. The van der Waals surface area contributed by atoms with E-state index in [4.69, 9.17) is 5.73 Å². The molecule has 3 amide bonds. The van der Waals surface area contributed by atoms with Crippen LogP contribution in [0, 0.1) is 0 Å². The van der Waals surface area contributed by atoms with Gasteiger partial charge in [0.05, 0.1) is 19.6 Å². The first-order valence-electron chi connectivity index (χ1n) is 13.6. The molecule has 1 aliphatic carbocycles. The molecule has 1 unspecified atom stereocenters. The number of halogens is 1. The maximum absolute atomic E-state index is 14.0. The van der Waals surface area contributed by atoms with Gasteiger partial charge >= 0.3 is 6.03 Å². The van der Waals surface area contributed by atoms with Crippen LogP contribution in [0.2, 0.25) is 0 Å². The number of tetrazole rings is 1. The van der Waals surface area contributed by atoms with E-state index in [1.165, 1.54) is 4.80 Å². The molecule has 1 atom stereocenters. The molecule has 2 fully saturated rings. The lowest BCUT2D eigenvalue weighted by Gasteiger charge is -2.44. The highest BCUT2D eigenvalue weighted by Crippen LogP contribution is 2.42. The van der Waals surface area contributed by atoms with Crippen LogP contribution in [-0.4, -0.2) is 55.0 Å². The number of amides is 3. The first-order valence-corrected chi connectivity index (χ1v) is 14.3. The quantitative estimate of drug-likeness (QED) is 0.393. The predicted octanol–water partition coefficient (Wildman–Crippen LogP) is 4.29. The number of nitrogens with two attached hydrogens (primary N) is 1. The van der Waals surface area contributed by atoms with Crippen molar-refractivity contribution in [3.05, 3.63) is 70.0 Å². The van der Waals surface area contributed by atoms with Crippen LogP contribution in [0.15, 0.2) is 53.0 Å². The molecule has 0 bridgehead atoms. The highest BCUT2D eigenvalue weighted by molar-refractivity contribution is 9.10. The number of hydrogen-bond donors (Lipinski definition) is 2. The third-order valence-corrected chi connectivity index (χ3v) is 8.64. The number of benzene rings is 2. The minimum absolute atomic E-state index is 0.00987. The van der Waals surface area contributed by atoms with Crippen molar-refractivity contribution < 1.29 is 9.59 Å². The SMILES string of the molecule is Cn1nnc(C2(N(Cc3ccc(N)cc3)C(=O)NCC(=O)N3CCCC3c3ccccc3Br)CCCCC2)n1. The standard InChI is InChI=1S/C28H35BrN8O2/c1-35-33-26(32-34-35)28(15-5-2-6-16-28)37(19-20-11-13-21(30)14-12-20)27(39)31-18-25(38)36-17-7-10-24(36)22-8-3-4-9-23(22)29/h3-4,8-9,11-14,24H,2,5-7,10,15-19,30H2,1H3,(H,31,39). The zero-order valence-electron chi connectivity index (χ0n) is 22.2. The molecule has 10 nitrogen and oxygen atoms in total. The van der Waals surface area contributed by atoms with Gasteiger partial charge in [0.2, 0.25) is 5.91 Å². The van der Waals surface area contributed by atoms with Crippen molar-refractivity contribution in [1.82, 2.24) is 35.3 Å². The Morgan fingerprint density at radius 2 is 1.85 bits per heavy atom. The molecule has 1 aromatic heterocycles. The van der Waals surface area contributed by atoms with E-state index in [1.54, 1.807) is 11.9 Å². The van der Waals surface area contributed by atoms with Gasteiger partial charge in [-0.05, 0) is 60.2 Å². The molecule has 0 radical (unpaired) electrons. The van der Waals surface area contributed by atoms with Gasteiger partial charge in [-0.3, -0.25) is 4.79 Å². The predicted molar refractivity (Wildman–Crippen MR) is 151 cm³/mol. The monoisotopic (exact) mass is 594 g/mol. The summed E-state index contributed by atoms with van der Waals surface area (Å²) in [7, 11) is 1.73. The molecule has 3 aromatic rings. The minimum Gasteiger partial charge on any atom is -0.399 e. The van der Waals surface area contributed by atoms with E-state index in [1.807, 2.05) is 53.4 Å². The summed E-state index contributed by atoms with van der Waals surface area (Å²) in [6.45, 7) is 0.924. The molecular weight excluding hydrogens is 560 g/mol. The van der Waals surface area contributed by atoms with E-state index >= 15 is 0 Å². The smallest absolute Gasteiger partial charge is 0.318 e. The van der Waals surface area contributed by atoms with Gasteiger partial charge in [0.1, 0.15) is 5.54 Å². The Morgan fingerprint density at radius 1 is 1.10 bits per heavy atom. The summed E-state index contributed by atoms with van der Waals surface area (Å²) in [5.74, 6) is 0.444. The second-order valence-electron chi connectivity index (χ2n) is 10.4. The van der Waals surface area contributed by atoms with Crippen molar-refractivity contribution in [3.8, 4) is 0 Å².